The van der Waals surface area contributed by atoms with Crippen LogP contribution >= 0.6 is 11.6 Å². The number of nitrogens with zero attached hydrogens (tertiary/aromatic N) is 4. The second kappa shape index (κ2) is 14.4. The number of rotatable bonds is 10. The van der Waals surface area contributed by atoms with Crippen LogP contribution in [0.2, 0.25) is 5.02 Å². The molecule has 0 radical (unpaired) electrons. The van der Waals surface area contributed by atoms with Crippen molar-refractivity contribution in [3.05, 3.63) is 94.8 Å². The summed E-state index contributed by atoms with van der Waals surface area (Å²) in [5.41, 5.74) is 5.26. The summed E-state index contributed by atoms with van der Waals surface area (Å²) in [5.74, 6) is 1.08. The lowest BCUT2D eigenvalue weighted by atomic mass is 9.92. The van der Waals surface area contributed by atoms with E-state index in [1.54, 1.807) is 4.90 Å². The summed E-state index contributed by atoms with van der Waals surface area (Å²) in [7, 11) is 1.25. The summed E-state index contributed by atoms with van der Waals surface area (Å²) in [6, 6.07) is 19.1. The number of esters is 1. The molecule has 11 nitrogen and oxygen atoms in total. The van der Waals surface area contributed by atoms with Gasteiger partial charge in [-0.05, 0) is 78.6 Å². The van der Waals surface area contributed by atoms with Gasteiger partial charge in [0.15, 0.2) is 5.60 Å². The Balaban J connectivity index is 0.981. The number of hydrogen-bond donors (Lipinski definition) is 2. The van der Waals surface area contributed by atoms with E-state index in [-0.39, 0.29) is 37.9 Å². The smallest absolute Gasteiger partial charge is 0.337 e. The van der Waals surface area contributed by atoms with E-state index in [0.717, 1.165) is 46.7 Å². The van der Waals surface area contributed by atoms with Crippen LogP contribution < -0.4 is 15.0 Å². The molecule has 2 atom stereocenters. The quantitative estimate of drug-likeness (QED) is 0.144. The molecule has 266 valence electrons. The van der Waals surface area contributed by atoms with Gasteiger partial charge in [0.05, 0.1) is 26.5 Å². The molecule has 2 fully saturated rings. The Hall–Kier alpha value is -4.87. The fourth-order valence-corrected chi connectivity index (χ4v) is 7.45. The molecule has 12 heteroatoms. The molecular formula is C39H42ClN5O6. The number of ether oxygens (including phenoxy) is 2. The SMILES string of the molecule is COC(=O)C1(O)CCN(C(=O)Nc2cccc(Cn3cc(-c4cccc5c4[C@H]4C[C@H]4CN5C(=O)CCCOc4cccc(Cl)c4C)cn3)c2)CC1. The summed E-state index contributed by atoms with van der Waals surface area (Å²) < 4.78 is 12.5. The van der Waals surface area contributed by atoms with Crippen LogP contribution in [0.3, 0.4) is 0 Å². The molecule has 0 unspecified atom stereocenters. The van der Waals surface area contributed by atoms with E-state index >= 15 is 0 Å². The Morgan fingerprint density at radius 2 is 1.86 bits per heavy atom. The topological polar surface area (TPSA) is 126 Å². The van der Waals surface area contributed by atoms with Crippen molar-refractivity contribution in [2.24, 2.45) is 5.92 Å². The first-order valence-corrected chi connectivity index (χ1v) is 17.8. The molecule has 3 aromatic carbocycles. The summed E-state index contributed by atoms with van der Waals surface area (Å²) in [5, 5.41) is 18.8. The molecule has 3 heterocycles. The van der Waals surface area contributed by atoms with E-state index in [1.807, 2.05) is 77.4 Å². The minimum Gasteiger partial charge on any atom is -0.493 e. The van der Waals surface area contributed by atoms with Crippen molar-refractivity contribution in [3.8, 4) is 16.9 Å². The van der Waals surface area contributed by atoms with Crippen molar-refractivity contribution in [2.75, 3.05) is 43.6 Å². The third kappa shape index (κ3) is 7.31. The molecule has 1 aliphatic carbocycles. The maximum atomic E-state index is 13.5. The number of aromatic nitrogens is 2. The van der Waals surface area contributed by atoms with Crippen LogP contribution in [-0.4, -0.2) is 76.6 Å². The van der Waals surface area contributed by atoms with Crippen LogP contribution in [0.25, 0.3) is 11.1 Å². The number of nitrogens with one attached hydrogen (secondary N) is 1. The standard InChI is InChI=1S/C39H42ClN5O6/c1-25-32(40)10-5-12-34(25)51-18-6-13-35(46)45-24-27-20-31(27)36-30(9-4-11-33(36)45)28-21-41-44(23-28)22-26-7-3-8-29(19-26)42-38(48)43-16-14-39(49,15-17-43)37(47)50-2/h3-5,7-12,19,21,23,27,31,49H,6,13-18,20,22,24H2,1-2H3,(H,42,48)/t27-,31-/m0/s1. The molecule has 4 aromatic rings. The van der Waals surface area contributed by atoms with Crippen LogP contribution in [0.5, 0.6) is 5.75 Å². The third-order valence-electron chi connectivity index (χ3n) is 10.3. The molecule has 1 aromatic heterocycles. The van der Waals surface area contributed by atoms with Gasteiger partial charge in [-0.1, -0.05) is 41.9 Å². The summed E-state index contributed by atoms with van der Waals surface area (Å²) >= 11 is 6.22. The Bertz CT molecular complexity index is 1950. The molecule has 1 saturated heterocycles. The zero-order valence-electron chi connectivity index (χ0n) is 28.8. The zero-order valence-corrected chi connectivity index (χ0v) is 29.6. The van der Waals surface area contributed by atoms with Gasteiger partial charge in [0.25, 0.3) is 0 Å². The van der Waals surface area contributed by atoms with Gasteiger partial charge < -0.3 is 29.7 Å². The number of fused-ring (bicyclic) bond motifs is 3. The lowest BCUT2D eigenvalue weighted by Gasteiger charge is -2.36. The zero-order chi connectivity index (χ0) is 35.7. The normalized spacial score (nSPS) is 18.7. The average Bonchev–Trinajstić information content (AvgIpc) is 3.79. The number of halogens is 1. The molecule has 3 amide bonds. The molecule has 3 aliphatic rings. The number of aliphatic hydroxyl groups is 1. The third-order valence-corrected chi connectivity index (χ3v) is 10.7. The molecule has 51 heavy (non-hydrogen) atoms. The largest absolute Gasteiger partial charge is 0.493 e. The Morgan fingerprint density at radius 3 is 2.67 bits per heavy atom. The highest BCUT2D eigenvalue weighted by Gasteiger charge is 2.47. The highest BCUT2D eigenvalue weighted by molar-refractivity contribution is 6.31. The number of amides is 3. The molecular weight excluding hydrogens is 670 g/mol. The lowest BCUT2D eigenvalue weighted by Crippen LogP contribution is -2.52. The predicted molar refractivity (Wildman–Crippen MR) is 194 cm³/mol. The molecule has 2 N–H and O–H groups in total. The second-order valence-corrected chi connectivity index (χ2v) is 14.1. The molecule has 0 bridgehead atoms. The fourth-order valence-electron chi connectivity index (χ4n) is 7.29. The van der Waals surface area contributed by atoms with Crippen molar-refractivity contribution < 1.29 is 29.0 Å². The van der Waals surface area contributed by atoms with Gasteiger partial charge in [-0.25, -0.2) is 9.59 Å². The lowest BCUT2D eigenvalue weighted by molar-refractivity contribution is -0.166. The number of hydrogen-bond acceptors (Lipinski definition) is 7. The molecule has 0 spiro atoms. The van der Waals surface area contributed by atoms with Gasteiger partial charge in [0.2, 0.25) is 5.91 Å². The Kier molecular flexibility index (Phi) is 9.76. The number of benzene rings is 3. The molecule has 7 rings (SSSR count). The van der Waals surface area contributed by atoms with Crippen LogP contribution in [0, 0.1) is 12.8 Å². The van der Waals surface area contributed by atoms with Gasteiger partial charge in [0, 0.05) is 72.6 Å². The summed E-state index contributed by atoms with van der Waals surface area (Å²) in [4.78, 5) is 42.0. The number of carbonyl (C=O) groups excluding carboxylic acids is 3. The maximum absolute atomic E-state index is 13.5. The number of methoxy groups -OCH3 is 1. The highest BCUT2D eigenvalue weighted by Crippen LogP contribution is 2.57. The number of urea groups is 1. The van der Waals surface area contributed by atoms with Crippen molar-refractivity contribution in [2.45, 2.75) is 57.1 Å². The highest BCUT2D eigenvalue weighted by atomic mass is 35.5. The maximum Gasteiger partial charge on any atom is 0.337 e. The van der Waals surface area contributed by atoms with E-state index < -0.39 is 11.6 Å². The van der Waals surface area contributed by atoms with Crippen LogP contribution in [0.15, 0.2) is 73.1 Å². The first-order chi connectivity index (χ1) is 24.6. The summed E-state index contributed by atoms with van der Waals surface area (Å²) in [6.45, 7) is 4.09. The Labute approximate surface area is 302 Å². The first-order valence-electron chi connectivity index (χ1n) is 17.4. The van der Waals surface area contributed by atoms with Gasteiger partial charge in [-0.2, -0.15) is 5.10 Å². The number of piperidine rings is 1. The van der Waals surface area contributed by atoms with Crippen molar-refractivity contribution in [1.29, 1.82) is 0 Å². The summed E-state index contributed by atoms with van der Waals surface area (Å²) in [6.07, 6.45) is 6.23. The minimum absolute atomic E-state index is 0.107. The minimum atomic E-state index is -1.56. The van der Waals surface area contributed by atoms with Crippen LogP contribution in [0.1, 0.15) is 54.7 Å². The number of carbonyl (C=O) groups is 3. The van der Waals surface area contributed by atoms with Crippen LogP contribution in [0.4, 0.5) is 16.2 Å². The van der Waals surface area contributed by atoms with Gasteiger partial charge in [-0.3, -0.25) is 9.48 Å². The fraction of sp³-hybridized carbons (Fsp3) is 0.385. The average molecular weight is 712 g/mol. The van der Waals surface area contributed by atoms with E-state index in [1.165, 1.54) is 12.7 Å². The number of likely N-dealkylation sites (tertiary alicyclic amines) is 1. The van der Waals surface area contributed by atoms with E-state index in [2.05, 4.69) is 22.5 Å². The van der Waals surface area contributed by atoms with Gasteiger partial charge >= 0.3 is 12.0 Å². The van der Waals surface area contributed by atoms with E-state index in [4.69, 9.17) is 21.1 Å². The van der Waals surface area contributed by atoms with Gasteiger partial charge in [0.1, 0.15) is 5.75 Å². The number of anilines is 2. The molecule has 2 aliphatic heterocycles. The second-order valence-electron chi connectivity index (χ2n) is 13.7. The molecule has 1 saturated carbocycles. The first kappa shape index (κ1) is 34.6. The van der Waals surface area contributed by atoms with Crippen molar-refractivity contribution in [3.63, 3.8) is 0 Å². The van der Waals surface area contributed by atoms with Crippen LogP contribution in [-0.2, 0) is 20.9 Å². The van der Waals surface area contributed by atoms with E-state index in [0.29, 0.717) is 48.5 Å². The van der Waals surface area contributed by atoms with E-state index in [9.17, 15) is 19.5 Å². The van der Waals surface area contributed by atoms with Crippen molar-refractivity contribution >= 4 is 40.9 Å². The predicted octanol–water partition coefficient (Wildman–Crippen LogP) is 6.40. The van der Waals surface area contributed by atoms with Gasteiger partial charge in [-0.15, -0.1) is 0 Å². The Morgan fingerprint density at radius 1 is 1.08 bits per heavy atom. The monoisotopic (exact) mass is 711 g/mol. The van der Waals surface area contributed by atoms with Crippen molar-refractivity contribution in [1.82, 2.24) is 14.7 Å².